The minimum Gasteiger partial charge on any atom is -0.334 e. The first-order valence-corrected chi connectivity index (χ1v) is 10.0. The number of sulfonamides is 1. The Morgan fingerprint density at radius 2 is 2.04 bits per heavy atom. The van der Waals surface area contributed by atoms with Crippen LogP contribution >= 0.6 is 0 Å². The molecule has 0 amide bonds. The number of piperazine rings is 1. The van der Waals surface area contributed by atoms with Gasteiger partial charge in [0.2, 0.25) is 10.0 Å². The number of benzene rings is 1. The molecule has 25 heavy (non-hydrogen) atoms. The summed E-state index contributed by atoms with van der Waals surface area (Å²) in [5, 5.41) is 7.45. The lowest BCUT2D eigenvalue weighted by molar-refractivity contribution is 0.190. The topological polar surface area (TPSA) is 91.6 Å². The first kappa shape index (κ1) is 16.5. The molecule has 4 rings (SSSR count). The summed E-state index contributed by atoms with van der Waals surface area (Å²) >= 11 is 0. The maximum absolute atomic E-state index is 12.0. The Kier molecular flexibility index (Phi) is 4.22. The normalized spacial score (nSPS) is 23.9. The third-order valence-corrected chi connectivity index (χ3v) is 6.62. The van der Waals surface area contributed by atoms with Crippen LogP contribution in [-0.2, 0) is 10.0 Å². The molecule has 1 N–H and O–H groups in total. The molecule has 2 fully saturated rings. The molecule has 0 bridgehead atoms. The molecule has 2 aliphatic rings. The summed E-state index contributed by atoms with van der Waals surface area (Å²) in [6, 6.07) is 7.32. The highest BCUT2D eigenvalue weighted by molar-refractivity contribution is 7.93. The summed E-state index contributed by atoms with van der Waals surface area (Å²) < 4.78 is 30.9. The van der Waals surface area contributed by atoms with E-state index in [1.165, 1.54) is 4.31 Å². The quantitative estimate of drug-likeness (QED) is 0.864. The molecule has 9 heteroatoms. The van der Waals surface area contributed by atoms with E-state index in [9.17, 15) is 8.42 Å². The van der Waals surface area contributed by atoms with Gasteiger partial charge >= 0.3 is 0 Å². The van der Waals surface area contributed by atoms with Gasteiger partial charge in [0.15, 0.2) is 5.82 Å². The van der Waals surface area contributed by atoms with Gasteiger partial charge in [-0.05, 0) is 37.7 Å². The molecule has 1 unspecified atom stereocenters. The van der Waals surface area contributed by atoms with Crippen molar-refractivity contribution < 1.29 is 12.9 Å². The maximum atomic E-state index is 12.0. The third-order valence-electron chi connectivity index (χ3n) is 4.75. The van der Waals surface area contributed by atoms with Gasteiger partial charge in [0, 0.05) is 31.7 Å². The molecule has 1 aromatic heterocycles. The van der Waals surface area contributed by atoms with E-state index in [2.05, 4.69) is 20.4 Å². The van der Waals surface area contributed by atoms with Gasteiger partial charge in [0.1, 0.15) is 0 Å². The van der Waals surface area contributed by atoms with Crippen molar-refractivity contribution in [3.8, 4) is 11.5 Å². The van der Waals surface area contributed by atoms with Crippen molar-refractivity contribution in [3.63, 3.8) is 0 Å². The number of nitrogens with one attached hydrogen (secondary N) is 1. The van der Waals surface area contributed by atoms with Gasteiger partial charge in [-0.3, -0.25) is 9.21 Å². The molecule has 1 aromatic carbocycles. The second kappa shape index (κ2) is 6.40. The average molecular weight is 363 g/mol. The van der Waals surface area contributed by atoms with Crippen LogP contribution in [0, 0.1) is 0 Å². The Labute approximate surface area is 146 Å². The maximum Gasteiger partial charge on any atom is 0.257 e. The molecule has 1 atom stereocenters. The van der Waals surface area contributed by atoms with E-state index in [-0.39, 0.29) is 11.8 Å². The molecule has 0 radical (unpaired) electrons. The van der Waals surface area contributed by atoms with E-state index in [0.29, 0.717) is 30.4 Å². The molecule has 2 aliphatic heterocycles. The standard InChI is InChI=1S/C16H21N5O3S/c1-20-9-7-17-11-14(20)15-18-16(24-19-15)12-3-5-13(6-4-12)21-8-2-10-25(21,22)23/h3-6,14,17H,2,7-11H2,1H3. The molecule has 8 nitrogen and oxygen atoms in total. The van der Waals surface area contributed by atoms with Crippen LogP contribution in [0.4, 0.5) is 5.69 Å². The largest absolute Gasteiger partial charge is 0.334 e. The molecule has 0 saturated carbocycles. The highest BCUT2D eigenvalue weighted by Crippen LogP contribution is 2.28. The Morgan fingerprint density at radius 1 is 1.24 bits per heavy atom. The minimum atomic E-state index is -3.16. The van der Waals surface area contributed by atoms with Gasteiger partial charge in [0.05, 0.1) is 17.5 Å². The Morgan fingerprint density at radius 3 is 2.72 bits per heavy atom. The lowest BCUT2D eigenvalue weighted by Crippen LogP contribution is -2.44. The molecule has 2 aromatic rings. The second-order valence-electron chi connectivity index (χ2n) is 6.45. The fourth-order valence-corrected chi connectivity index (χ4v) is 4.85. The number of hydrogen-bond donors (Lipinski definition) is 1. The van der Waals surface area contributed by atoms with Gasteiger partial charge in [-0.25, -0.2) is 8.42 Å². The van der Waals surface area contributed by atoms with Crippen molar-refractivity contribution in [3.05, 3.63) is 30.1 Å². The van der Waals surface area contributed by atoms with Crippen molar-refractivity contribution >= 4 is 15.7 Å². The van der Waals surface area contributed by atoms with Crippen LogP contribution in [-0.4, -0.2) is 62.4 Å². The predicted molar refractivity (Wildman–Crippen MR) is 93.7 cm³/mol. The van der Waals surface area contributed by atoms with Crippen LogP contribution in [0.1, 0.15) is 18.3 Å². The second-order valence-corrected chi connectivity index (χ2v) is 8.46. The van der Waals surface area contributed by atoms with Crippen LogP contribution in [0.25, 0.3) is 11.5 Å². The number of nitrogens with zero attached hydrogens (tertiary/aromatic N) is 4. The number of hydrogen-bond acceptors (Lipinski definition) is 7. The monoisotopic (exact) mass is 363 g/mol. The van der Waals surface area contributed by atoms with Crippen molar-refractivity contribution in [2.45, 2.75) is 12.5 Å². The van der Waals surface area contributed by atoms with E-state index < -0.39 is 10.0 Å². The highest BCUT2D eigenvalue weighted by atomic mass is 32.2. The van der Waals surface area contributed by atoms with Gasteiger partial charge in [-0.2, -0.15) is 4.98 Å². The SMILES string of the molecule is CN1CCNCC1c1noc(-c2ccc(N3CCCS3(=O)=O)cc2)n1. The Bertz CT molecular complexity index is 849. The van der Waals surface area contributed by atoms with E-state index in [0.717, 1.165) is 25.2 Å². The van der Waals surface area contributed by atoms with Gasteiger partial charge in [-0.1, -0.05) is 5.16 Å². The van der Waals surface area contributed by atoms with Crippen molar-refractivity contribution in [1.29, 1.82) is 0 Å². The summed E-state index contributed by atoms with van der Waals surface area (Å²) in [7, 11) is -1.12. The van der Waals surface area contributed by atoms with Crippen LogP contribution in [0.5, 0.6) is 0 Å². The zero-order valence-corrected chi connectivity index (χ0v) is 14.9. The van der Waals surface area contributed by atoms with Crippen LogP contribution < -0.4 is 9.62 Å². The number of likely N-dealkylation sites (N-methyl/N-ethyl adjacent to an activating group) is 1. The van der Waals surface area contributed by atoms with Gasteiger partial charge < -0.3 is 9.84 Å². The lowest BCUT2D eigenvalue weighted by Gasteiger charge is -2.30. The van der Waals surface area contributed by atoms with Crippen molar-refractivity contribution in [2.24, 2.45) is 0 Å². The van der Waals surface area contributed by atoms with E-state index in [4.69, 9.17) is 4.52 Å². The summed E-state index contributed by atoms with van der Waals surface area (Å²) in [5.41, 5.74) is 1.46. The van der Waals surface area contributed by atoms with E-state index in [1.54, 1.807) is 12.1 Å². The average Bonchev–Trinajstić information content (AvgIpc) is 3.22. The molecule has 0 spiro atoms. The Balaban J connectivity index is 1.55. The number of anilines is 1. The fraction of sp³-hybridized carbons (Fsp3) is 0.500. The number of rotatable bonds is 3. The van der Waals surface area contributed by atoms with E-state index in [1.807, 2.05) is 19.2 Å². The van der Waals surface area contributed by atoms with Gasteiger partial charge in [-0.15, -0.1) is 0 Å². The minimum absolute atomic E-state index is 0.0975. The number of aromatic nitrogens is 2. The van der Waals surface area contributed by atoms with Crippen LogP contribution in [0.2, 0.25) is 0 Å². The zero-order valence-electron chi connectivity index (χ0n) is 14.1. The summed E-state index contributed by atoms with van der Waals surface area (Å²) in [5.74, 6) is 1.32. The summed E-state index contributed by atoms with van der Waals surface area (Å²) in [6.45, 7) is 3.22. The zero-order chi connectivity index (χ0) is 17.4. The lowest BCUT2D eigenvalue weighted by atomic mass is 10.2. The Hall–Kier alpha value is -1.97. The van der Waals surface area contributed by atoms with Crippen molar-refractivity contribution in [1.82, 2.24) is 20.4 Å². The smallest absolute Gasteiger partial charge is 0.257 e. The predicted octanol–water partition coefficient (Wildman–Crippen LogP) is 0.853. The third kappa shape index (κ3) is 3.14. The molecule has 2 saturated heterocycles. The van der Waals surface area contributed by atoms with Crippen LogP contribution in [0.15, 0.2) is 28.8 Å². The van der Waals surface area contributed by atoms with Crippen LogP contribution in [0.3, 0.4) is 0 Å². The molecular formula is C16H21N5O3S. The van der Waals surface area contributed by atoms with Gasteiger partial charge in [0.25, 0.3) is 5.89 Å². The highest BCUT2D eigenvalue weighted by Gasteiger charge is 2.29. The summed E-state index contributed by atoms with van der Waals surface area (Å²) in [4.78, 5) is 6.72. The first-order valence-electron chi connectivity index (χ1n) is 8.40. The molecule has 3 heterocycles. The molecule has 134 valence electrons. The molecular weight excluding hydrogens is 342 g/mol. The first-order chi connectivity index (χ1) is 12.0. The molecule has 0 aliphatic carbocycles. The van der Waals surface area contributed by atoms with Crippen molar-refractivity contribution in [2.75, 3.05) is 43.3 Å². The summed E-state index contributed by atoms with van der Waals surface area (Å²) in [6.07, 6.45) is 0.667. The van der Waals surface area contributed by atoms with E-state index >= 15 is 0 Å². The fourth-order valence-electron chi connectivity index (χ4n) is 3.28.